The maximum Gasteiger partial charge on any atom is 0.223 e. The number of nitrogens with one attached hydrogen (secondary N) is 1. The summed E-state index contributed by atoms with van der Waals surface area (Å²) in [5.74, 6) is 1.36. The molecular formula is C18H26ClNO2. The van der Waals surface area contributed by atoms with Crippen LogP contribution in [0, 0.1) is 17.8 Å². The van der Waals surface area contributed by atoms with E-state index >= 15 is 0 Å². The Kier molecular flexibility index (Phi) is 6.27. The summed E-state index contributed by atoms with van der Waals surface area (Å²) >= 11 is 6.20. The van der Waals surface area contributed by atoms with Gasteiger partial charge in [-0.1, -0.05) is 43.6 Å². The normalized spacial score (nSPS) is 21.7. The topological polar surface area (TPSA) is 49.3 Å². The van der Waals surface area contributed by atoms with E-state index in [1.165, 1.54) is 0 Å². The lowest BCUT2D eigenvalue weighted by Gasteiger charge is -2.18. The minimum absolute atomic E-state index is 0.0497. The van der Waals surface area contributed by atoms with E-state index in [0.29, 0.717) is 18.4 Å². The summed E-state index contributed by atoms with van der Waals surface area (Å²) in [4.78, 5) is 12.3. The molecule has 1 aromatic carbocycles. The van der Waals surface area contributed by atoms with Crippen molar-refractivity contribution >= 4 is 17.5 Å². The van der Waals surface area contributed by atoms with Gasteiger partial charge >= 0.3 is 0 Å². The molecule has 2 rings (SSSR count). The van der Waals surface area contributed by atoms with Crippen LogP contribution in [0.3, 0.4) is 0 Å². The van der Waals surface area contributed by atoms with Gasteiger partial charge in [-0.15, -0.1) is 0 Å². The molecule has 1 amide bonds. The number of carbonyl (C=O) groups is 1. The highest BCUT2D eigenvalue weighted by Crippen LogP contribution is 2.49. The molecule has 3 atom stereocenters. The Labute approximate surface area is 138 Å². The van der Waals surface area contributed by atoms with Crippen molar-refractivity contribution in [2.24, 2.45) is 17.8 Å². The van der Waals surface area contributed by atoms with Gasteiger partial charge in [-0.25, -0.2) is 0 Å². The minimum Gasteiger partial charge on any atom is -0.396 e. The summed E-state index contributed by atoms with van der Waals surface area (Å²) < 4.78 is 0. The number of rotatable bonds is 8. The van der Waals surface area contributed by atoms with Gasteiger partial charge in [0.2, 0.25) is 5.91 Å². The molecule has 0 spiro atoms. The number of hydrogen-bond acceptors (Lipinski definition) is 2. The molecule has 3 nitrogen and oxygen atoms in total. The lowest BCUT2D eigenvalue weighted by Crippen LogP contribution is -2.31. The van der Waals surface area contributed by atoms with Gasteiger partial charge in [-0.2, -0.15) is 0 Å². The van der Waals surface area contributed by atoms with Gasteiger partial charge in [0.05, 0.1) is 0 Å². The van der Waals surface area contributed by atoms with Gasteiger partial charge in [0.1, 0.15) is 0 Å². The Bertz CT molecular complexity index is 504. The zero-order valence-electron chi connectivity index (χ0n) is 13.4. The number of halogens is 1. The minimum atomic E-state index is 0.0497. The molecule has 1 saturated carbocycles. The van der Waals surface area contributed by atoms with E-state index in [-0.39, 0.29) is 24.3 Å². The third-order valence-electron chi connectivity index (χ3n) is 4.34. The molecule has 1 aliphatic carbocycles. The Morgan fingerprint density at radius 2 is 2.14 bits per heavy atom. The van der Waals surface area contributed by atoms with E-state index in [0.717, 1.165) is 29.8 Å². The average Bonchev–Trinajstić information content (AvgIpc) is 3.25. The summed E-state index contributed by atoms with van der Waals surface area (Å²) in [6.07, 6.45) is 2.65. The second-order valence-corrected chi connectivity index (χ2v) is 7.13. The fourth-order valence-corrected chi connectivity index (χ4v) is 3.41. The smallest absolute Gasteiger partial charge is 0.223 e. The predicted octanol–water partition coefficient (Wildman–Crippen LogP) is 3.60. The Morgan fingerprint density at radius 1 is 1.41 bits per heavy atom. The number of benzene rings is 1. The molecule has 2 N–H and O–H groups in total. The summed E-state index contributed by atoms with van der Waals surface area (Å²) in [5, 5.41) is 12.9. The highest BCUT2D eigenvalue weighted by molar-refractivity contribution is 6.31. The second kappa shape index (κ2) is 7.98. The number of carbonyl (C=O) groups excluding carboxylic acids is 1. The first kappa shape index (κ1) is 17.3. The first-order valence-electron chi connectivity index (χ1n) is 8.16. The van der Waals surface area contributed by atoms with Crippen LogP contribution in [-0.4, -0.2) is 24.2 Å². The lowest BCUT2D eigenvalue weighted by molar-refractivity contribution is -0.122. The van der Waals surface area contributed by atoms with E-state index in [2.05, 4.69) is 19.2 Å². The van der Waals surface area contributed by atoms with Gasteiger partial charge in [-0.3, -0.25) is 4.79 Å². The van der Waals surface area contributed by atoms with E-state index in [9.17, 15) is 4.79 Å². The predicted molar refractivity (Wildman–Crippen MR) is 90.0 cm³/mol. The van der Waals surface area contributed by atoms with Crippen LogP contribution < -0.4 is 5.32 Å². The number of hydrogen-bond donors (Lipinski definition) is 2. The van der Waals surface area contributed by atoms with Crippen molar-refractivity contribution in [1.29, 1.82) is 0 Å². The van der Waals surface area contributed by atoms with E-state index in [4.69, 9.17) is 16.7 Å². The summed E-state index contributed by atoms with van der Waals surface area (Å²) in [5.41, 5.74) is 1.08. The highest BCUT2D eigenvalue weighted by Gasteiger charge is 2.44. The van der Waals surface area contributed by atoms with Crippen molar-refractivity contribution in [3.05, 3.63) is 34.9 Å². The summed E-state index contributed by atoms with van der Waals surface area (Å²) in [7, 11) is 0. The maximum atomic E-state index is 12.3. The van der Waals surface area contributed by atoms with Gasteiger partial charge in [-0.05, 0) is 48.6 Å². The Balaban J connectivity index is 1.82. The molecule has 0 radical (unpaired) electrons. The standard InChI is InChI=1S/C18H26ClNO2/c1-12(2)9-13(7-8-21)11-20-18(22)16-10-15(16)14-5-3-4-6-17(14)19/h3-6,12-13,15-16,21H,7-11H2,1-2H3,(H,20,22). The second-order valence-electron chi connectivity index (χ2n) is 6.72. The first-order chi connectivity index (χ1) is 10.5. The van der Waals surface area contributed by atoms with E-state index < -0.39 is 0 Å². The molecule has 1 fully saturated rings. The third-order valence-corrected chi connectivity index (χ3v) is 4.68. The molecule has 0 heterocycles. The van der Waals surface area contributed by atoms with Gasteiger partial charge in [0.15, 0.2) is 0 Å². The van der Waals surface area contributed by atoms with Crippen LogP contribution in [0.2, 0.25) is 5.02 Å². The molecule has 4 heteroatoms. The molecule has 3 unspecified atom stereocenters. The number of amides is 1. The number of aliphatic hydroxyl groups excluding tert-OH is 1. The maximum absolute atomic E-state index is 12.3. The van der Waals surface area contributed by atoms with Gasteiger partial charge in [0.25, 0.3) is 0 Å². The van der Waals surface area contributed by atoms with Crippen molar-refractivity contribution in [2.75, 3.05) is 13.2 Å². The van der Waals surface area contributed by atoms with Crippen molar-refractivity contribution < 1.29 is 9.90 Å². The lowest BCUT2D eigenvalue weighted by atomic mass is 9.94. The van der Waals surface area contributed by atoms with Crippen molar-refractivity contribution in [3.63, 3.8) is 0 Å². The van der Waals surface area contributed by atoms with Crippen molar-refractivity contribution in [3.8, 4) is 0 Å². The van der Waals surface area contributed by atoms with Crippen LogP contribution in [0.4, 0.5) is 0 Å². The molecule has 1 aromatic rings. The first-order valence-corrected chi connectivity index (χ1v) is 8.53. The van der Waals surface area contributed by atoms with E-state index in [1.54, 1.807) is 0 Å². The zero-order valence-corrected chi connectivity index (χ0v) is 14.1. The monoisotopic (exact) mass is 323 g/mol. The summed E-state index contributed by atoms with van der Waals surface area (Å²) in [6.45, 7) is 5.17. The van der Waals surface area contributed by atoms with E-state index in [1.807, 2.05) is 24.3 Å². The molecule has 0 saturated heterocycles. The van der Waals surface area contributed by atoms with Crippen molar-refractivity contribution in [1.82, 2.24) is 5.32 Å². The average molecular weight is 324 g/mol. The fourth-order valence-electron chi connectivity index (χ4n) is 3.13. The fraction of sp³-hybridized carbons (Fsp3) is 0.611. The molecular weight excluding hydrogens is 298 g/mol. The largest absolute Gasteiger partial charge is 0.396 e. The molecule has 0 aromatic heterocycles. The summed E-state index contributed by atoms with van der Waals surface area (Å²) in [6, 6.07) is 7.76. The van der Waals surface area contributed by atoms with Gasteiger partial charge < -0.3 is 10.4 Å². The molecule has 1 aliphatic rings. The number of aliphatic hydroxyl groups is 1. The molecule has 0 bridgehead atoms. The molecule has 22 heavy (non-hydrogen) atoms. The molecule has 0 aliphatic heterocycles. The van der Waals surface area contributed by atoms with Crippen LogP contribution in [0.25, 0.3) is 0 Å². The third kappa shape index (κ3) is 4.72. The van der Waals surface area contributed by atoms with Crippen LogP contribution in [0.15, 0.2) is 24.3 Å². The zero-order chi connectivity index (χ0) is 16.1. The quantitative estimate of drug-likeness (QED) is 0.768. The highest BCUT2D eigenvalue weighted by atomic mass is 35.5. The van der Waals surface area contributed by atoms with Crippen LogP contribution in [0.5, 0.6) is 0 Å². The Morgan fingerprint density at radius 3 is 2.77 bits per heavy atom. The van der Waals surface area contributed by atoms with Gasteiger partial charge in [0, 0.05) is 24.1 Å². The Hall–Kier alpha value is -1.06. The SMILES string of the molecule is CC(C)CC(CCO)CNC(=O)C1CC1c1ccccc1Cl. The van der Waals surface area contributed by atoms with Crippen molar-refractivity contribution in [2.45, 2.75) is 39.0 Å². The molecule has 122 valence electrons. The van der Waals surface area contributed by atoms with Crippen LogP contribution in [-0.2, 0) is 4.79 Å². The van der Waals surface area contributed by atoms with Crippen LogP contribution in [0.1, 0.15) is 44.6 Å². The van der Waals surface area contributed by atoms with Crippen LogP contribution >= 0.6 is 11.6 Å².